The van der Waals surface area contributed by atoms with Gasteiger partial charge in [-0.3, -0.25) is 0 Å². The predicted octanol–water partition coefficient (Wildman–Crippen LogP) is 2.50. The Morgan fingerprint density at radius 1 is 1.10 bits per heavy atom. The van der Waals surface area contributed by atoms with Crippen LogP contribution < -0.4 is 10.5 Å². The fourth-order valence-electron chi connectivity index (χ4n) is 2.56. The highest BCUT2D eigenvalue weighted by Gasteiger charge is 2.21. The molecule has 0 amide bonds. The van der Waals surface area contributed by atoms with Gasteiger partial charge in [0.2, 0.25) is 0 Å². The Hall–Kier alpha value is -1.10. The lowest BCUT2D eigenvalue weighted by atomic mass is 9.95. The Kier molecular flexibility index (Phi) is 6.30. The van der Waals surface area contributed by atoms with Crippen molar-refractivity contribution in [2.24, 2.45) is 5.73 Å². The van der Waals surface area contributed by atoms with Crippen molar-refractivity contribution in [3.63, 3.8) is 0 Å². The molecule has 1 saturated carbocycles. The van der Waals surface area contributed by atoms with Crippen LogP contribution in [0.15, 0.2) is 24.3 Å². The van der Waals surface area contributed by atoms with Gasteiger partial charge in [-0.05, 0) is 43.4 Å². The molecule has 2 rings (SSSR count). The molecule has 2 atom stereocenters. The van der Waals surface area contributed by atoms with Crippen LogP contribution in [-0.4, -0.2) is 32.5 Å². The molecular weight excluding hydrogens is 254 g/mol. The zero-order chi connectivity index (χ0) is 14.2. The van der Waals surface area contributed by atoms with Crippen LogP contribution in [0.5, 0.6) is 5.75 Å². The van der Waals surface area contributed by atoms with E-state index in [1.54, 1.807) is 7.11 Å². The topological polar surface area (TPSA) is 53.7 Å². The molecule has 1 aromatic carbocycles. The molecule has 2 N–H and O–H groups in total. The molecule has 0 heterocycles. The molecule has 20 heavy (non-hydrogen) atoms. The molecule has 112 valence electrons. The molecule has 0 saturated heterocycles. The van der Waals surface area contributed by atoms with Crippen LogP contribution in [0, 0.1) is 0 Å². The van der Waals surface area contributed by atoms with E-state index in [-0.39, 0.29) is 0 Å². The minimum atomic E-state index is 0.317. The first-order chi connectivity index (χ1) is 9.81. The summed E-state index contributed by atoms with van der Waals surface area (Å²) in [5, 5.41) is 0. The van der Waals surface area contributed by atoms with E-state index < -0.39 is 0 Å². The average molecular weight is 279 g/mol. The summed E-state index contributed by atoms with van der Waals surface area (Å²) in [7, 11) is 1.78. The summed E-state index contributed by atoms with van der Waals surface area (Å²) in [5.74, 6) is 0.865. The van der Waals surface area contributed by atoms with Crippen LogP contribution in [0.2, 0.25) is 0 Å². The Bertz CT molecular complexity index is 380. The van der Waals surface area contributed by atoms with E-state index in [1.807, 2.05) is 24.3 Å². The molecule has 4 heteroatoms. The average Bonchev–Trinajstić information content (AvgIpc) is 2.52. The van der Waals surface area contributed by atoms with Gasteiger partial charge < -0.3 is 19.9 Å². The lowest BCUT2D eigenvalue weighted by Crippen LogP contribution is -2.28. The molecular formula is C16H25NO3. The third-order valence-corrected chi connectivity index (χ3v) is 3.78. The number of hydrogen-bond acceptors (Lipinski definition) is 4. The minimum Gasteiger partial charge on any atom is -0.491 e. The number of hydrogen-bond donors (Lipinski definition) is 1. The van der Waals surface area contributed by atoms with Crippen LogP contribution in [0.25, 0.3) is 0 Å². The maximum Gasteiger partial charge on any atom is 0.119 e. The van der Waals surface area contributed by atoms with Gasteiger partial charge in [-0.1, -0.05) is 12.1 Å². The van der Waals surface area contributed by atoms with E-state index in [0.29, 0.717) is 32.0 Å². The standard InChI is InChI=1S/C16H25NO3/c1-18-15-3-2-4-16(11-15)20-10-9-19-14-7-5-13(12-17)6-8-14/h5-8,15-16H,2-4,9-12,17H2,1H3. The van der Waals surface area contributed by atoms with Crippen LogP contribution in [0.1, 0.15) is 31.2 Å². The summed E-state index contributed by atoms with van der Waals surface area (Å²) < 4.78 is 16.9. The highest BCUT2D eigenvalue weighted by atomic mass is 16.5. The molecule has 0 spiro atoms. The number of benzene rings is 1. The molecule has 2 unspecified atom stereocenters. The molecule has 1 aromatic rings. The summed E-state index contributed by atoms with van der Waals surface area (Å²) in [6.07, 6.45) is 5.15. The van der Waals surface area contributed by atoms with Gasteiger partial charge in [-0.25, -0.2) is 0 Å². The van der Waals surface area contributed by atoms with Crippen LogP contribution >= 0.6 is 0 Å². The molecule has 0 radical (unpaired) electrons. The molecule has 1 fully saturated rings. The van der Waals surface area contributed by atoms with Crippen molar-refractivity contribution in [2.75, 3.05) is 20.3 Å². The zero-order valence-electron chi connectivity index (χ0n) is 12.2. The van der Waals surface area contributed by atoms with Crippen molar-refractivity contribution in [2.45, 2.75) is 44.4 Å². The summed E-state index contributed by atoms with van der Waals surface area (Å²) in [6, 6.07) is 7.87. The second kappa shape index (κ2) is 8.25. The van der Waals surface area contributed by atoms with E-state index >= 15 is 0 Å². The lowest BCUT2D eigenvalue weighted by Gasteiger charge is -2.28. The fourth-order valence-corrected chi connectivity index (χ4v) is 2.56. The summed E-state index contributed by atoms with van der Waals surface area (Å²) in [5.41, 5.74) is 6.67. The second-order valence-corrected chi connectivity index (χ2v) is 5.21. The van der Waals surface area contributed by atoms with E-state index in [1.165, 1.54) is 6.42 Å². The van der Waals surface area contributed by atoms with Crippen molar-refractivity contribution in [3.05, 3.63) is 29.8 Å². The lowest BCUT2D eigenvalue weighted by molar-refractivity contribution is -0.0362. The first-order valence-corrected chi connectivity index (χ1v) is 7.38. The highest BCUT2D eigenvalue weighted by Crippen LogP contribution is 2.23. The van der Waals surface area contributed by atoms with Gasteiger partial charge >= 0.3 is 0 Å². The van der Waals surface area contributed by atoms with E-state index in [0.717, 1.165) is 30.6 Å². The Morgan fingerprint density at radius 2 is 1.85 bits per heavy atom. The van der Waals surface area contributed by atoms with Gasteiger partial charge in [0, 0.05) is 13.7 Å². The van der Waals surface area contributed by atoms with Crippen molar-refractivity contribution in [3.8, 4) is 5.75 Å². The number of methoxy groups -OCH3 is 1. The summed E-state index contributed by atoms with van der Waals surface area (Å²) >= 11 is 0. The van der Waals surface area contributed by atoms with Crippen LogP contribution in [0.4, 0.5) is 0 Å². The van der Waals surface area contributed by atoms with Gasteiger partial charge in [0.15, 0.2) is 0 Å². The third-order valence-electron chi connectivity index (χ3n) is 3.78. The Labute approximate surface area is 121 Å². The minimum absolute atomic E-state index is 0.317. The normalized spacial score (nSPS) is 22.7. The quantitative estimate of drug-likeness (QED) is 0.779. The molecule has 0 bridgehead atoms. The number of nitrogens with two attached hydrogens (primary N) is 1. The maximum absolute atomic E-state index is 5.86. The van der Waals surface area contributed by atoms with E-state index in [4.69, 9.17) is 19.9 Å². The fraction of sp³-hybridized carbons (Fsp3) is 0.625. The number of ether oxygens (including phenoxy) is 3. The Morgan fingerprint density at radius 3 is 2.55 bits per heavy atom. The summed E-state index contributed by atoms with van der Waals surface area (Å²) in [4.78, 5) is 0. The monoisotopic (exact) mass is 279 g/mol. The van der Waals surface area contributed by atoms with Crippen molar-refractivity contribution in [1.29, 1.82) is 0 Å². The third kappa shape index (κ3) is 4.78. The molecule has 4 nitrogen and oxygen atoms in total. The SMILES string of the molecule is COC1CCCC(OCCOc2ccc(CN)cc2)C1. The first-order valence-electron chi connectivity index (χ1n) is 7.38. The van der Waals surface area contributed by atoms with Gasteiger partial charge in [0.05, 0.1) is 18.8 Å². The Balaban J connectivity index is 1.63. The van der Waals surface area contributed by atoms with E-state index in [2.05, 4.69) is 0 Å². The summed E-state index contributed by atoms with van der Waals surface area (Å²) in [6.45, 7) is 1.77. The second-order valence-electron chi connectivity index (χ2n) is 5.21. The predicted molar refractivity (Wildman–Crippen MR) is 78.8 cm³/mol. The van der Waals surface area contributed by atoms with Crippen LogP contribution in [-0.2, 0) is 16.0 Å². The van der Waals surface area contributed by atoms with Crippen molar-refractivity contribution < 1.29 is 14.2 Å². The molecule has 1 aliphatic rings. The van der Waals surface area contributed by atoms with Gasteiger partial charge in [0.25, 0.3) is 0 Å². The largest absolute Gasteiger partial charge is 0.491 e. The maximum atomic E-state index is 5.86. The molecule has 0 aromatic heterocycles. The molecule has 0 aliphatic heterocycles. The van der Waals surface area contributed by atoms with E-state index in [9.17, 15) is 0 Å². The first kappa shape index (κ1) is 15.3. The van der Waals surface area contributed by atoms with Gasteiger partial charge in [-0.15, -0.1) is 0 Å². The smallest absolute Gasteiger partial charge is 0.119 e. The van der Waals surface area contributed by atoms with Crippen molar-refractivity contribution >= 4 is 0 Å². The van der Waals surface area contributed by atoms with Gasteiger partial charge in [0.1, 0.15) is 12.4 Å². The zero-order valence-corrected chi connectivity index (χ0v) is 12.2. The van der Waals surface area contributed by atoms with Crippen molar-refractivity contribution in [1.82, 2.24) is 0 Å². The number of rotatable bonds is 7. The highest BCUT2D eigenvalue weighted by molar-refractivity contribution is 5.26. The van der Waals surface area contributed by atoms with Crippen LogP contribution in [0.3, 0.4) is 0 Å². The molecule has 1 aliphatic carbocycles. The van der Waals surface area contributed by atoms with Gasteiger partial charge in [-0.2, -0.15) is 0 Å².